The summed E-state index contributed by atoms with van der Waals surface area (Å²) in [7, 11) is 0. The molecule has 0 aliphatic heterocycles. The number of amides is 2. The highest BCUT2D eigenvalue weighted by atomic mass is 35.5. The van der Waals surface area contributed by atoms with Gasteiger partial charge in [0.05, 0.1) is 17.6 Å². The highest BCUT2D eigenvalue weighted by Crippen LogP contribution is 2.27. The predicted molar refractivity (Wildman–Crippen MR) is 104 cm³/mol. The summed E-state index contributed by atoms with van der Waals surface area (Å²) in [6, 6.07) is 17.3. The molecule has 4 rings (SSSR count). The summed E-state index contributed by atoms with van der Waals surface area (Å²) in [5, 5.41) is 6.85. The fourth-order valence-electron chi connectivity index (χ4n) is 2.71. The second-order valence-corrected chi connectivity index (χ2v) is 6.28. The number of H-pyrrole nitrogens is 1. The molecule has 3 N–H and O–H groups in total. The van der Waals surface area contributed by atoms with Crippen LogP contribution in [0.3, 0.4) is 0 Å². The van der Waals surface area contributed by atoms with E-state index in [0.717, 1.165) is 10.9 Å². The zero-order valence-corrected chi connectivity index (χ0v) is 14.7. The molecule has 0 aliphatic carbocycles. The summed E-state index contributed by atoms with van der Waals surface area (Å²) in [6.45, 7) is 0. The molecule has 0 unspecified atom stereocenters. The van der Waals surface area contributed by atoms with Gasteiger partial charge in [-0.1, -0.05) is 29.8 Å². The lowest BCUT2D eigenvalue weighted by atomic mass is 10.2. The van der Waals surface area contributed by atoms with Crippen LogP contribution in [0.15, 0.2) is 71.3 Å². The van der Waals surface area contributed by atoms with Gasteiger partial charge in [-0.3, -0.25) is 9.59 Å². The third-order valence-electron chi connectivity index (χ3n) is 4.00. The Labute approximate surface area is 159 Å². The van der Waals surface area contributed by atoms with Gasteiger partial charge in [-0.15, -0.1) is 0 Å². The topological polar surface area (TPSA) is 87.1 Å². The Morgan fingerprint density at radius 3 is 2.48 bits per heavy atom. The number of rotatable bonds is 4. The van der Waals surface area contributed by atoms with Gasteiger partial charge in [-0.05, 0) is 42.5 Å². The standard InChI is InChI=1S/C20H14ClN3O3/c21-13-7-8-15(16(11-13)24-20(26)18-6-3-9-27-18)23-19(25)17-10-12-4-1-2-5-14(12)22-17/h1-11,22H,(H,23,25)(H,24,26). The van der Waals surface area contributed by atoms with E-state index in [4.69, 9.17) is 16.0 Å². The van der Waals surface area contributed by atoms with Crippen LogP contribution in [0, 0.1) is 0 Å². The molecule has 0 radical (unpaired) electrons. The van der Waals surface area contributed by atoms with Crippen LogP contribution >= 0.6 is 11.6 Å². The van der Waals surface area contributed by atoms with Crippen LogP contribution < -0.4 is 10.6 Å². The van der Waals surface area contributed by atoms with E-state index < -0.39 is 5.91 Å². The third kappa shape index (κ3) is 3.56. The van der Waals surface area contributed by atoms with Crippen LogP contribution in [0.2, 0.25) is 5.02 Å². The Balaban J connectivity index is 1.59. The van der Waals surface area contributed by atoms with E-state index in [1.165, 1.54) is 6.26 Å². The van der Waals surface area contributed by atoms with Gasteiger partial charge in [0.1, 0.15) is 5.69 Å². The summed E-state index contributed by atoms with van der Waals surface area (Å²) < 4.78 is 5.08. The molecule has 4 aromatic rings. The molecule has 2 aromatic carbocycles. The van der Waals surface area contributed by atoms with Crippen molar-refractivity contribution in [2.45, 2.75) is 0 Å². The van der Waals surface area contributed by atoms with Gasteiger partial charge in [-0.25, -0.2) is 0 Å². The van der Waals surface area contributed by atoms with Crippen molar-refractivity contribution in [2.24, 2.45) is 0 Å². The number of nitrogens with one attached hydrogen (secondary N) is 3. The van der Waals surface area contributed by atoms with Crippen molar-refractivity contribution in [3.63, 3.8) is 0 Å². The van der Waals surface area contributed by atoms with Crippen molar-refractivity contribution in [1.82, 2.24) is 4.98 Å². The van der Waals surface area contributed by atoms with Crippen LogP contribution in [0.5, 0.6) is 0 Å². The lowest BCUT2D eigenvalue weighted by Gasteiger charge is -2.12. The highest BCUT2D eigenvalue weighted by Gasteiger charge is 2.15. The quantitative estimate of drug-likeness (QED) is 0.470. The largest absolute Gasteiger partial charge is 0.459 e. The van der Waals surface area contributed by atoms with E-state index in [9.17, 15) is 9.59 Å². The van der Waals surface area contributed by atoms with Crippen LogP contribution in [0.1, 0.15) is 21.0 Å². The maximum atomic E-state index is 12.6. The first-order valence-corrected chi connectivity index (χ1v) is 8.51. The molecule has 0 aliphatic rings. The molecular weight excluding hydrogens is 366 g/mol. The average molecular weight is 380 g/mol. The number of furan rings is 1. The molecule has 0 atom stereocenters. The minimum atomic E-state index is -0.441. The van der Waals surface area contributed by atoms with E-state index in [0.29, 0.717) is 22.1 Å². The van der Waals surface area contributed by atoms with Crippen molar-refractivity contribution < 1.29 is 14.0 Å². The molecule has 2 aromatic heterocycles. The zero-order valence-electron chi connectivity index (χ0n) is 14.0. The highest BCUT2D eigenvalue weighted by molar-refractivity contribution is 6.31. The minimum absolute atomic E-state index is 0.155. The molecule has 0 saturated heterocycles. The summed E-state index contributed by atoms with van der Waals surface area (Å²) in [4.78, 5) is 27.9. The summed E-state index contributed by atoms with van der Waals surface area (Å²) in [5.41, 5.74) is 2.07. The summed E-state index contributed by atoms with van der Waals surface area (Å²) in [5.74, 6) is -0.617. The minimum Gasteiger partial charge on any atom is -0.459 e. The molecule has 6 nitrogen and oxygen atoms in total. The van der Waals surface area contributed by atoms with E-state index >= 15 is 0 Å². The average Bonchev–Trinajstić information content (AvgIpc) is 3.33. The van der Waals surface area contributed by atoms with Gasteiger partial charge < -0.3 is 20.0 Å². The molecular formula is C20H14ClN3O3. The Bertz CT molecular complexity index is 1100. The van der Waals surface area contributed by atoms with Crippen LogP contribution in [0.4, 0.5) is 11.4 Å². The Morgan fingerprint density at radius 2 is 1.70 bits per heavy atom. The maximum absolute atomic E-state index is 12.6. The van der Waals surface area contributed by atoms with Crippen molar-refractivity contribution in [3.05, 3.63) is 83.4 Å². The molecule has 2 heterocycles. The van der Waals surface area contributed by atoms with E-state index in [1.54, 1.807) is 36.4 Å². The molecule has 7 heteroatoms. The fraction of sp³-hybridized carbons (Fsp3) is 0. The fourth-order valence-corrected chi connectivity index (χ4v) is 2.88. The lowest BCUT2D eigenvalue weighted by Crippen LogP contribution is -2.16. The second-order valence-electron chi connectivity index (χ2n) is 5.85. The van der Waals surface area contributed by atoms with Gasteiger partial charge >= 0.3 is 0 Å². The Kier molecular flexibility index (Phi) is 4.40. The molecule has 134 valence electrons. The molecule has 0 bridgehead atoms. The number of benzene rings is 2. The summed E-state index contributed by atoms with van der Waals surface area (Å²) in [6.07, 6.45) is 1.41. The van der Waals surface area contributed by atoms with Crippen molar-refractivity contribution >= 4 is 45.7 Å². The SMILES string of the molecule is O=C(Nc1ccc(Cl)cc1NC(=O)c1ccco1)c1cc2ccccc2[nH]1. The smallest absolute Gasteiger partial charge is 0.291 e. The summed E-state index contributed by atoms with van der Waals surface area (Å²) >= 11 is 6.04. The number of hydrogen-bond acceptors (Lipinski definition) is 3. The van der Waals surface area contributed by atoms with Gasteiger partial charge in [0.25, 0.3) is 11.8 Å². The zero-order chi connectivity index (χ0) is 18.8. The first-order valence-electron chi connectivity index (χ1n) is 8.14. The van der Waals surface area contributed by atoms with E-state index in [2.05, 4.69) is 15.6 Å². The first-order chi connectivity index (χ1) is 13.1. The predicted octanol–water partition coefficient (Wildman–Crippen LogP) is 4.92. The molecule has 0 spiro atoms. The molecule has 2 amide bonds. The van der Waals surface area contributed by atoms with Crippen molar-refractivity contribution in [1.29, 1.82) is 0 Å². The number of aromatic amines is 1. The van der Waals surface area contributed by atoms with E-state index in [1.807, 2.05) is 24.3 Å². The number of anilines is 2. The number of halogens is 1. The van der Waals surface area contributed by atoms with E-state index in [-0.39, 0.29) is 11.7 Å². The van der Waals surface area contributed by atoms with Crippen LogP contribution in [-0.2, 0) is 0 Å². The van der Waals surface area contributed by atoms with Crippen molar-refractivity contribution in [3.8, 4) is 0 Å². The van der Waals surface area contributed by atoms with Gasteiger partial charge in [0, 0.05) is 15.9 Å². The third-order valence-corrected chi connectivity index (χ3v) is 4.23. The van der Waals surface area contributed by atoms with Gasteiger partial charge in [-0.2, -0.15) is 0 Å². The van der Waals surface area contributed by atoms with Gasteiger partial charge in [0.15, 0.2) is 5.76 Å². The molecule has 0 saturated carbocycles. The van der Waals surface area contributed by atoms with Crippen LogP contribution in [-0.4, -0.2) is 16.8 Å². The number of carbonyl (C=O) groups is 2. The second kappa shape index (κ2) is 7.01. The van der Waals surface area contributed by atoms with Crippen LogP contribution in [0.25, 0.3) is 10.9 Å². The number of hydrogen-bond donors (Lipinski definition) is 3. The number of aromatic nitrogens is 1. The maximum Gasteiger partial charge on any atom is 0.291 e. The Hall–Kier alpha value is -3.51. The number of carbonyl (C=O) groups excluding carboxylic acids is 2. The monoisotopic (exact) mass is 379 g/mol. The lowest BCUT2D eigenvalue weighted by molar-refractivity contribution is 0.0993. The van der Waals surface area contributed by atoms with Crippen molar-refractivity contribution in [2.75, 3.05) is 10.6 Å². The first kappa shape index (κ1) is 16.9. The number of para-hydroxylation sites is 1. The normalized spacial score (nSPS) is 10.7. The van der Waals surface area contributed by atoms with Gasteiger partial charge in [0.2, 0.25) is 0 Å². The molecule has 0 fully saturated rings. The Morgan fingerprint density at radius 1 is 0.889 bits per heavy atom. The number of fused-ring (bicyclic) bond motifs is 1. The molecule has 27 heavy (non-hydrogen) atoms.